The smallest absolute Gasteiger partial charge is 0.134 e. The highest BCUT2D eigenvalue weighted by atomic mass is 16.5. The minimum Gasteiger partial charge on any atom is -0.383 e. The van der Waals surface area contributed by atoms with Crippen LogP contribution in [0.2, 0.25) is 0 Å². The van der Waals surface area contributed by atoms with Crippen LogP contribution in [0.5, 0.6) is 0 Å². The van der Waals surface area contributed by atoms with Gasteiger partial charge in [-0.15, -0.1) is 0 Å². The highest BCUT2D eigenvalue weighted by molar-refractivity contribution is 5.52. The number of nitrogens with one attached hydrogen (secondary N) is 1. The van der Waals surface area contributed by atoms with Gasteiger partial charge in [0.2, 0.25) is 0 Å². The van der Waals surface area contributed by atoms with Gasteiger partial charge in [-0.25, -0.2) is 9.97 Å². The molecule has 0 amide bonds. The molecule has 0 atom stereocenters. The summed E-state index contributed by atoms with van der Waals surface area (Å²) in [6.45, 7) is 7.26. The van der Waals surface area contributed by atoms with Crippen molar-refractivity contribution in [2.45, 2.75) is 6.92 Å². The van der Waals surface area contributed by atoms with E-state index in [0.29, 0.717) is 6.61 Å². The number of aryl methyl sites for hydroxylation is 1. The zero-order chi connectivity index (χ0) is 16.8. The Labute approximate surface area is 143 Å². The van der Waals surface area contributed by atoms with Gasteiger partial charge in [0.15, 0.2) is 0 Å². The molecule has 0 radical (unpaired) electrons. The van der Waals surface area contributed by atoms with Crippen molar-refractivity contribution < 1.29 is 4.74 Å². The Morgan fingerprint density at radius 1 is 1.04 bits per heavy atom. The second-order valence-electron chi connectivity index (χ2n) is 5.89. The van der Waals surface area contributed by atoms with Crippen LogP contribution in [-0.2, 0) is 4.74 Å². The Balaban J connectivity index is 1.63. The molecule has 0 spiro atoms. The quantitative estimate of drug-likeness (QED) is 0.821. The summed E-state index contributed by atoms with van der Waals surface area (Å²) in [4.78, 5) is 13.8. The van der Waals surface area contributed by atoms with Crippen LogP contribution in [0.4, 0.5) is 17.3 Å². The number of hydrogen-bond donors (Lipinski definition) is 1. The largest absolute Gasteiger partial charge is 0.383 e. The van der Waals surface area contributed by atoms with E-state index in [-0.39, 0.29) is 0 Å². The van der Waals surface area contributed by atoms with Gasteiger partial charge in [0.1, 0.15) is 17.5 Å². The first kappa shape index (κ1) is 16.5. The van der Waals surface area contributed by atoms with Gasteiger partial charge in [0.25, 0.3) is 0 Å². The molecular weight excluding hydrogens is 302 g/mol. The molecule has 1 aliphatic heterocycles. The summed E-state index contributed by atoms with van der Waals surface area (Å²) in [6, 6.07) is 12.6. The fourth-order valence-corrected chi connectivity index (χ4v) is 2.92. The van der Waals surface area contributed by atoms with E-state index < -0.39 is 0 Å². The molecule has 2 heterocycles. The summed E-state index contributed by atoms with van der Waals surface area (Å²) >= 11 is 0. The van der Waals surface area contributed by atoms with Gasteiger partial charge >= 0.3 is 0 Å². The van der Waals surface area contributed by atoms with Crippen LogP contribution >= 0.6 is 0 Å². The molecule has 1 aromatic heterocycles. The lowest BCUT2D eigenvalue weighted by molar-refractivity contribution is 0.210. The molecular formula is C18H25N5O. The maximum Gasteiger partial charge on any atom is 0.134 e. The number of hydrogen-bond acceptors (Lipinski definition) is 6. The molecule has 24 heavy (non-hydrogen) atoms. The van der Waals surface area contributed by atoms with Crippen molar-refractivity contribution in [3.05, 3.63) is 42.2 Å². The number of rotatable bonds is 6. The molecule has 0 bridgehead atoms. The number of ether oxygens (including phenoxy) is 1. The van der Waals surface area contributed by atoms with Crippen LogP contribution in [0.25, 0.3) is 0 Å². The third-order valence-electron chi connectivity index (χ3n) is 4.16. The third-order valence-corrected chi connectivity index (χ3v) is 4.16. The minimum atomic E-state index is 0.661. The summed E-state index contributed by atoms with van der Waals surface area (Å²) in [7, 11) is 1.70. The van der Waals surface area contributed by atoms with Gasteiger partial charge in [-0.3, -0.25) is 0 Å². The third kappa shape index (κ3) is 4.14. The summed E-state index contributed by atoms with van der Waals surface area (Å²) in [5.41, 5.74) is 1.29. The number of anilines is 3. The minimum absolute atomic E-state index is 0.661. The Morgan fingerprint density at radius 3 is 2.46 bits per heavy atom. The first-order chi connectivity index (χ1) is 11.8. The molecule has 128 valence electrons. The lowest BCUT2D eigenvalue weighted by atomic mass is 10.2. The van der Waals surface area contributed by atoms with E-state index in [1.807, 2.05) is 13.0 Å². The Morgan fingerprint density at radius 2 is 1.75 bits per heavy atom. The average Bonchev–Trinajstić information content (AvgIpc) is 2.62. The average molecular weight is 327 g/mol. The fraction of sp³-hybridized carbons (Fsp3) is 0.444. The predicted molar refractivity (Wildman–Crippen MR) is 98.0 cm³/mol. The van der Waals surface area contributed by atoms with Crippen LogP contribution in [-0.4, -0.2) is 56.4 Å². The van der Waals surface area contributed by atoms with E-state index >= 15 is 0 Å². The van der Waals surface area contributed by atoms with Crippen molar-refractivity contribution in [3.8, 4) is 0 Å². The van der Waals surface area contributed by atoms with Crippen molar-refractivity contribution >= 4 is 17.3 Å². The molecule has 2 aromatic rings. The van der Waals surface area contributed by atoms with Crippen molar-refractivity contribution in [2.75, 3.05) is 61.6 Å². The summed E-state index contributed by atoms with van der Waals surface area (Å²) in [5, 5.41) is 3.29. The van der Waals surface area contributed by atoms with E-state index in [4.69, 9.17) is 4.74 Å². The molecule has 0 saturated carbocycles. The van der Waals surface area contributed by atoms with Crippen molar-refractivity contribution in [1.82, 2.24) is 9.97 Å². The van der Waals surface area contributed by atoms with Crippen LogP contribution in [0.15, 0.2) is 36.4 Å². The van der Waals surface area contributed by atoms with Gasteiger partial charge in [-0.2, -0.15) is 0 Å². The van der Waals surface area contributed by atoms with Gasteiger partial charge in [0.05, 0.1) is 6.61 Å². The Kier molecular flexibility index (Phi) is 5.48. The topological polar surface area (TPSA) is 53.5 Å². The number of piperazine rings is 1. The van der Waals surface area contributed by atoms with Gasteiger partial charge in [-0.05, 0) is 19.1 Å². The number of nitrogens with zero attached hydrogens (tertiary/aromatic N) is 4. The van der Waals surface area contributed by atoms with Gasteiger partial charge in [-0.1, -0.05) is 18.2 Å². The maximum atomic E-state index is 5.07. The van der Waals surface area contributed by atoms with Gasteiger partial charge in [0, 0.05) is 51.6 Å². The van der Waals surface area contributed by atoms with Crippen LogP contribution in [0, 0.1) is 6.92 Å². The van der Waals surface area contributed by atoms with Crippen molar-refractivity contribution in [3.63, 3.8) is 0 Å². The van der Waals surface area contributed by atoms with Crippen LogP contribution in [0.3, 0.4) is 0 Å². The zero-order valence-electron chi connectivity index (χ0n) is 14.4. The van der Waals surface area contributed by atoms with Crippen LogP contribution in [0.1, 0.15) is 5.82 Å². The molecule has 3 rings (SSSR count). The lowest BCUT2D eigenvalue weighted by Gasteiger charge is -2.36. The monoisotopic (exact) mass is 327 g/mol. The number of aromatic nitrogens is 2. The van der Waals surface area contributed by atoms with E-state index in [1.165, 1.54) is 5.69 Å². The molecule has 0 aliphatic carbocycles. The first-order valence-corrected chi connectivity index (χ1v) is 8.40. The molecule has 1 aliphatic rings. The summed E-state index contributed by atoms with van der Waals surface area (Å²) in [6.07, 6.45) is 0. The highest BCUT2D eigenvalue weighted by Gasteiger charge is 2.19. The molecule has 1 saturated heterocycles. The first-order valence-electron chi connectivity index (χ1n) is 8.40. The second kappa shape index (κ2) is 7.97. The van der Waals surface area contributed by atoms with Crippen LogP contribution < -0.4 is 15.1 Å². The van der Waals surface area contributed by atoms with E-state index in [0.717, 1.165) is 50.2 Å². The van der Waals surface area contributed by atoms with Crippen molar-refractivity contribution in [2.24, 2.45) is 0 Å². The number of methoxy groups -OCH3 is 1. The normalized spacial score (nSPS) is 14.8. The second-order valence-corrected chi connectivity index (χ2v) is 5.89. The molecule has 0 unspecified atom stereocenters. The van der Waals surface area contributed by atoms with E-state index in [2.05, 4.69) is 55.4 Å². The Hall–Kier alpha value is -2.34. The fourth-order valence-electron chi connectivity index (χ4n) is 2.92. The molecule has 1 N–H and O–H groups in total. The zero-order valence-corrected chi connectivity index (χ0v) is 14.4. The van der Waals surface area contributed by atoms with Crippen molar-refractivity contribution in [1.29, 1.82) is 0 Å². The molecule has 1 aromatic carbocycles. The Bertz CT molecular complexity index is 641. The summed E-state index contributed by atoms with van der Waals surface area (Å²) in [5.74, 6) is 2.65. The maximum absolute atomic E-state index is 5.07. The SMILES string of the molecule is COCCNc1cc(N2CCN(c3ccccc3)CC2)nc(C)n1. The van der Waals surface area contributed by atoms with E-state index in [1.54, 1.807) is 7.11 Å². The van der Waals surface area contributed by atoms with Gasteiger partial charge < -0.3 is 19.9 Å². The highest BCUT2D eigenvalue weighted by Crippen LogP contribution is 2.20. The lowest BCUT2D eigenvalue weighted by Crippen LogP contribution is -2.46. The molecule has 6 heteroatoms. The van der Waals surface area contributed by atoms with E-state index in [9.17, 15) is 0 Å². The predicted octanol–water partition coefficient (Wildman–Crippen LogP) is 2.17. The summed E-state index contributed by atoms with van der Waals surface area (Å²) < 4.78 is 5.07. The molecule has 6 nitrogen and oxygen atoms in total. The molecule has 1 fully saturated rings. The standard InChI is InChI=1S/C18H25N5O/c1-15-20-17(19-8-13-24-2)14-18(21-15)23-11-9-22(10-12-23)16-6-4-3-5-7-16/h3-7,14H,8-13H2,1-2H3,(H,19,20,21). The number of para-hydroxylation sites is 1. The number of benzene rings is 1.